The largest absolute Gasteiger partial charge is 0.355 e. The van der Waals surface area contributed by atoms with Crippen LogP contribution >= 0.6 is 34.3 Å². The summed E-state index contributed by atoms with van der Waals surface area (Å²) in [5.41, 5.74) is 1.69. The van der Waals surface area contributed by atoms with Gasteiger partial charge in [-0.25, -0.2) is 4.98 Å². The molecule has 6 nitrogen and oxygen atoms in total. The van der Waals surface area contributed by atoms with Crippen LogP contribution in [-0.2, 0) is 22.6 Å². The minimum atomic E-state index is -0.155. The van der Waals surface area contributed by atoms with Crippen molar-refractivity contribution in [3.63, 3.8) is 0 Å². The molecule has 0 fully saturated rings. The third-order valence-electron chi connectivity index (χ3n) is 3.59. The average Bonchev–Trinajstić information content (AvgIpc) is 3.30. The lowest BCUT2D eigenvalue weighted by Crippen LogP contribution is -2.31. The normalized spacial score (nSPS) is 10.6. The molecule has 0 spiro atoms. The zero-order valence-corrected chi connectivity index (χ0v) is 16.7. The average molecular weight is 421 g/mol. The van der Waals surface area contributed by atoms with Crippen molar-refractivity contribution in [1.82, 2.24) is 20.6 Å². The number of aromatic nitrogens is 2. The first-order valence-corrected chi connectivity index (χ1v) is 10.3. The van der Waals surface area contributed by atoms with E-state index in [0.717, 1.165) is 15.4 Å². The summed E-state index contributed by atoms with van der Waals surface area (Å²) in [6, 6.07) is 7.43. The first kappa shape index (κ1) is 19.5. The fourth-order valence-electron chi connectivity index (χ4n) is 2.26. The molecule has 0 aliphatic heterocycles. The van der Waals surface area contributed by atoms with Crippen LogP contribution < -0.4 is 10.6 Å². The number of nitrogens with one attached hydrogen (secondary N) is 2. The van der Waals surface area contributed by atoms with E-state index < -0.39 is 0 Å². The highest BCUT2D eigenvalue weighted by atomic mass is 35.5. The fraction of sp³-hybridized carbons (Fsp3) is 0.222. The minimum Gasteiger partial charge on any atom is -0.355 e. The van der Waals surface area contributed by atoms with Crippen LogP contribution in [0.2, 0.25) is 4.34 Å². The van der Waals surface area contributed by atoms with Crippen molar-refractivity contribution in [3.05, 3.63) is 57.6 Å². The Hall–Kier alpha value is -2.29. The van der Waals surface area contributed by atoms with Crippen molar-refractivity contribution in [2.45, 2.75) is 19.4 Å². The smallest absolute Gasteiger partial charge is 0.226 e. The van der Waals surface area contributed by atoms with Crippen LogP contribution in [0.25, 0.3) is 9.88 Å². The predicted octanol–water partition coefficient (Wildman–Crippen LogP) is 3.29. The second-order valence-electron chi connectivity index (χ2n) is 5.66. The van der Waals surface area contributed by atoms with Crippen molar-refractivity contribution in [1.29, 1.82) is 0 Å². The first-order valence-electron chi connectivity index (χ1n) is 8.22. The zero-order valence-electron chi connectivity index (χ0n) is 14.3. The number of nitrogens with zero attached hydrogens (tertiary/aromatic N) is 2. The molecule has 0 unspecified atom stereocenters. The van der Waals surface area contributed by atoms with Gasteiger partial charge in [-0.2, -0.15) is 0 Å². The number of halogens is 1. The first-order chi connectivity index (χ1) is 13.1. The molecule has 0 saturated carbocycles. The van der Waals surface area contributed by atoms with Crippen LogP contribution in [0.5, 0.6) is 0 Å². The summed E-state index contributed by atoms with van der Waals surface area (Å²) in [6.45, 7) is 0.738. The second kappa shape index (κ2) is 9.59. The van der Waals surface area contributed by atoms with Crippen LogP contribution in [-0.4, -0.2) is 28.3 Å². The van der Waals surface area contributed by atoms with E-state index in [2.05, 4.69) is 20.6 Å². The van der Waals surface area contributed by atoms with E-state index in [1.165, 1.54) is 22.7 Å². The lowest BCUT2D eigenvalue weighted by molar-refractivity contribution is -0.122. The number of amides is 2. The quantitative estimate of drug-likeness (QED) is 0.585. The molecule has 3 aromatic heterocycles. The van der Waals surface area contributed by atoms with Crippen molar-refractivity contribution in [3.8, 4) is 9.88 Å². The van der Waals surface area contributed by atoms with Gasteiger partial charge in [0.05, 0.1) is 21.3 Å². The molecule has 0 aliphatic rings. The molecule has 0 aromatic carbocycles. The number of hydrogen-bond donors (Lipinski definition) is 2. The standard InChI is InChI=1S/C18H17ClN4O2S2/c19-15-2-1-14(27-15)18-23-13(11-26-18)9-17(25)21-8-5-16(24)22-10-12-3-6-20-7-4-12/h1-4,6-7,11H,5,8-10H2,(H,21,25)(H,22,24). The Morgan fingerprint density at radius 3 is 2.63 bits per heavy atom. The van der Waals surface area contributed by atoms with Crippen molar-refractivity contribution in [2.75, 3.05) is 6.54 Å². The van der Waals surface area contributed by atoms with Gasteiger partial charge in [0, 0.05) is 37.3 Å². The highest BCUT2D eigenvalue weighted by molar-refractivity contribution is 7.23. The Kier molecular flexibility index (Phi) is 6.92. The monoisotopic (exact) mass is 420 g/mol. The summed E-state index contributed by atoms with van der Waals surface area (Å²) < 4.78 is 0.710. The van der Waals surface area contributed by atoms with Gasteiger partial charge in [-0.05, 0) is 29.8 Å². The van der Waals surface area contributed by atoms with Crippen LogP contribution in [0.4, 0.5) is 0 Å². The molecule has 9 heteroatoms. The van der Waals surface area contributed by atoms with Gasteiger partial charge in [-0.3, -0.25) is 14.6 Å². The molecular formula is C18H17ClN4O2S2. The summed E-state index contributed by atoms with van der Waals surface area (Å²) in [7, 11) is 0. The summed E-state index contributed by atoms with van der Waals surface area (Å²) in [4.78, 5) is 33.2. The highest BCUT2D eigenvalue weighted by Gasteiger charge is 2.11. The van der Waals surface area contributed by atoms with E-state index in [0.29, 0.717) is 23.1 Å². The molecule has 3 rings (SSSR count). The second-order valence-corrected chi connectivity index (χ2v) is 8.23. The molecule has 0 bridgehead atoms. The number of pyridine rings is 1. The Morgan fingerprint density at radius 2 is 1.89 bits per heavy atom. The van der Waals surface area contributed by atoms with Crippen LogP contribution in [0.15, 0.2) is 42.0 Å². The molecule has 2 N–H and O–H groups in total. The van der Waals surface area contributed by atoms with E-state index in [1.54, 1.807) is 12.4 Å². The number of thiophene rings is 1. The van der Waals surface area contributed by atoms with E-state index in [-0.39, 0.29) is 24.7 Å². The maximum Gasteiger partial charge on any atom is 0.226 e. The van der Waals surface area contributed by atoms with Crippen LogP contribution in [0, 0.1) is 0 Å². The lowest BCUT2D eigenvalue weighted by Gasteiger charge is -2.06. The van der Waals surface area contributed by atoms with Gasteiger partial charge in [0.2, 0.25) is 11.8 Å². The molecule has 2 amide bonds. The fourth-order valence-corrected chi connectivity index (χ4v) is 4.20. The van der Waals surface area contributed by atoms with Gasteiger partial charge < -0.3 is 10.6 Å². The van der Waals surface area contributed by atoms with E-state index in [4.69, 9.17) is 11.6 Å². The topological polar surface area (TPSA) is 84.0 Å². The summed E-state index contributed by atoms with van der Waals surface area (Å²) in [5.74, 6) is -0.268. The van der Waals surface area contributed by atoms with E-state index >= 15 is 0 Å². The minimum absolute atomic E-state index is 0.113. The number of hydrogen-bond acceptors (Lipinski definition) is 6. The molecule has 0 atom stereocenters. The zero-order chi connectivity index (χ0) is 19.1. The molecule has 3 heterocycles. The summed E-state index contributed by atoms with van der Waals surface area (Å²) in [6.07, 6.45) is 3.78. The van der Waals surface area contributed by atoms with Crippen molar-refractivity contribution < 1.29 is 9.59 Å². The number of rotatable bonds is 8. The van der Waals surface area contributed by atoms with E-state index in [1.807, 2.05) is 29.6 Å². The third kappa shape index (κ3) is 6.13. The van der Waals surface area contributed by atoms with Gasteiger partial charge in [0.25, 0.3) is 0 Å². The SMILES string of the molecule is O=C(CCNC(=O)Cc1csc(-c2ccc(Cl)s2)n1)NCc1ccncc1. The van der Waals surface area contributed by atoms with Crippen molar-refractivity contribution in [2.24, 2.45) is 0 Å². The maximum absolute atomic E-state index is 12.0. The lowest BCUT2D eigenvalue weighted by atomic mass is 10.2. The van der Waals surface area contributed by atoms with Gasteiger partial charge in [0.1, 0.15) is 5.01 Å². The van der Waals surface area contributed by atoms with Gasteiger partial charge >= 0.3 is 0 Å². The molecule has 3 aromatic rings. The molecular weight excluding hydrogens is 404 g/mol. The molecule has 27 heavy (non-hydrogen) atoms. The Morgan fingerprint density at radius 1 is 1.07 bits per heavy atom. The molecule has 0 aliphatic carbocycles. The number of carbonyl (C=O) groups is 2. The Labute approximate surface area is 169 Å². The van der Waals surface area contributed by atoms with Gasteiger partial charge in [-0.15, -0.1) is 22.7 Å². The number of carbonyl (C=O) groups excluding carboxylic acids is 2. The number of thiazole rings is 1. The molecule has 140 valence electrons. The van der Waals surface area contributed by atoms with E-state index in [9.17, 15) is 9.59 Å². The van der Waals surface area contributed by atoms with Crippen LogP contribution in [0.3, 0.4) is 0 Å². The Bertz CT molecular complexity index is 911. The molecule has 0 radical (unpaired) electrons. The van der Waals surface area contributed by atoms with Gasteiger partial charge in [-0.1, -0.05) is 11.6 Å². The van der Waals surface area contributed by atoms with Crippen molar-refractivity contribution >= 4 is 46.1 Å². The molecule has 0 saturated heterocycles. The predicted molar refractivity (Wildman–Crippen MR) is 108 cm³/mol. The summed E-state index contributed by atoms with van der Waals surface area (Å²) in [5, 5.41) is 8.27. The highest BCUT2D eigenvalue weighted by Crippen LogP contribution is 2.32. The van der Waals surface area contributed by atoms with Crippen LogP contribution in [0.1, 0.15) is 17.7 Å². The van der Waals surface area contributed by atoms with Gasteiger partial charge in [0.15, 0.2) is 0 Å². The third-order valence-corrected chi connectivity index (χ3v) is 5.88. The summed E-state index contributed by atoms with van der Waals surface area (Å²) >= 11 is 8.88. The Balaban J connectivity index is 1.37. The maximum atomic E-state index is 12.0.